The van der Waals surface area contributed by atoms with Crippen LogP contribution >= 0.6 is 0 Å². The van der Waals surface area contributed by atoms with E-state index < -0.39 is 11.7 Å². The Labute approximate surface area is 91.6 Å². The first-order valence-electron chi connectivity index (χ1n) is 4.55. The minimum absolute atomic E-state index is 0.378. The number of terminal acetylenes is 1. The van der Waals surface area contributed by atoms with Gasteiger partial charge in [-0.2, -0.15) is 13.2 Å². The van der Waals surface area contributed by atoms with E-state index in [9.17, 15) is 13.2 Å². The zero-order valence-electron chi connectivity index (χ0n) is 8.38. The number of hydrogen-bond donors (Lipinski definition) is 2. The molecule has 2 nitrogen and oxygen atoms in total. The Kier molecular flexibility index (Phi) is 3.93. The van der Waals surface area contributed by atoms with Crippen LogP contribution in [0.4, 0.5) is 13.2 Å². The van der Waals surface area contributed by atoms with Crippen LogP contribution in [-0.4, -0.2) is 6.04 Å². The number of hydrazine groups is 1. The summed E-state index contributed by atoms with van der Waals surface area (Å²) in [5, 5.41) is 0. The molecule has 3 N–H and O–H groups in total. The van der Waals surface area contributed by atoms with Crippen molar-refractivity contribution in [3.8, 4) is 12.3 Å². The zero-order valence-corrected chi connectivity index (χ0v) is 8.38. The summed E-state index contributed by atoms with van der Waals surface area (Å²) in [6, 6.07) is 4.46. The van der Waals surface area contributed by atoms with Gasteiger partial charge >= 0.3 is 6.18 Å². The normalized spacial score (nSPS) is 13.2. The van der Waals surface area contributed by atoms with Crippen molar-refractivity contribution in [2.45, 2.75) is 18.6 Å². The van der Waals surface area contributed by atoms with Crippen LogP contribution in [0.3, 0.4) is 0 Å². The highest BCUT2D eigenvalue weighted by Crippen LogP contribution is 2.29. The van der Waals surface area contributed by atoms with Gasteiger partial charge in [0.2, 0.25) is 0 Å². The number of nitrogens with two attached hydrogens (primary N) is 1. The Balaban J connectivity index is 2.77. The number of nitrogens with one attached hydrogen (secondary N) is 1. The molecule has 1 unspecified atom stereocenters. The van der Waals surface area contributed by atoms with Crippen molar-refractivity contribution in [3.05, 3.63) is 35.4 Å². The third-order valence-corrected chi connectivity index (χ3v) is 2.12. The zero-order chi connectivity index (χ0) is 12.2. The Morgan fingerprint density at radius 1 is 1.31 bits per heavy atom. The maximum atomic E-state index is 12.2. The number of halogens is 3. The van der Waals surface area contributed by atoms with Gasteiger partial charge in [-0.25, -0.2) is 5.43 Å². The number of rotatable bonds is 3. The van der Waals surface area contributed by atoms with Crippen molar-refractivity contribution in [1.29, 1.82) is 0 Å². The van der Waals surface area contributed by atoms with Gasteiger partial charge in [-0.1, -0.05) is 18.1 Å². The summed E-state index contributed by atoms with van der Waals surface area (Å²) < 4.78 is 36.7. The topological polar surface area (TPSA) is 38.0 Å². The Bertz CT molecular complexity index is 376. The molecule has 1 atom stereocenters. The molecule has 0 heterocycles. The predicted molar refractivity (Wildman–Crippen MR) is 55.1 cm³/mol. The fourth-order valence-electron chi connectivity index (χ4n) is 1.23. The number of hydrogen-bond acceptors (Lipinski definition) is 2. The van der Waals surface area contributed by atoms with Crippen LogP contribution in [0.15, 0.2) is 24.3 Å². The summed E-state index contributed by atoms with van der Waals surface area (Å²) in [7, 11) is 0. The second-order valence-corrected chi connectivity index (χ2v) is 3.28. The summed E-state index contributed by atoms with van der Waals surface area (Å²) in [4.78, 5) is 0. The van der Waals surface area contributed by atoms with E-state index in [1.165, 1.54) is 12.1 Å². The summed E-state index contributed by atoms with van der Waals surface area (Å²) in [6.45, 7) is 0. The van der Waals surface area contributed by atoms with Crippen LogP contribution < -0.4 is 11.3 Å². The molecule has 0 fully saturated rings. The molecule has 0 saturated carbocycles. The first kappa shape index (κ1) is 12.6. The van der Waals surface area contributed by atoms with Crippen LogP contribution in [0.2, 0.25) is 0 Å². The Hall–Kier alpha value is -1.51. The predicted octanol–water partition coefficient (Wildman–Crippen LogP) is 1.71. The summed E-state index contributed by atoms with van der Waals surface area (Å²) in [5.74, 6) is 7.54. The lowest BCUT2D eigenvalue weighted by Gasteiger charge is -2.10. The Morgan fingerprint density at radius 3 is 2.25 bits per heavy atom. The minimum Gasteiger partial charge on any atom is -0.270 e. The van der Waals surface area contributed by atoms with Gasteiger partial charge in [-0.05, 0) is 17.7 Å². The third-order valence-electron chi connectivity index (χ3n) is 2.12. The second kappa shape index (κ2) is 5.01. The molecule has 0 aliphatic heterocycles. The lowest BCUT2D eigenvalue weighted by molar-refractivity contribution is -0.137. The van der Waals surface area contributed by atoms with Crippen molar-refractivity contribution in [3.63, 3.8) is 0 Å². The van der Waals surface area contributed by atoms with Crippen molar-refractivity contribution < 1.29 is 13.2 Å². The van der Waals surface area contributed by atoms with E-state index in [4.69, 9.17) is 12.3 Å². The average Bonchev–Trinajstić information content (AvgIpc) is 2.25. The minimum atomic E-state index is -4.31. The maximum Gasteiger partial charge on any atom is 0.416 e. The first-order chi connectivity index (χ1) is 7.47. The van der Waals surface area contributed by atoms with Crippen LogP contribution in [0.25, 0.3) is 0 Å². The van der Waals surface area contributed by atoms with Gasteiger partial charge < -0.3 is 0 Å². The maximum absolute atomic E-state index is 12.2. The van der Waals surface area contributed by atoms with Crippen molar-refractivity contribution in [2.24, 2.45) is 5.84 Å². The van der Waals surface area contributed by atoms with Gasteiger partial charge in [0, 0.05) is 6.42 Å². The Morgan fingerprint density at radius 2 is 1.88 bits per heavy atom. The van der Waals surface area contributed by atoms with E-state index in [2.05, 4.69) is 11.3 Å². The van der Waals surface area contributed by atoms with Gasteiger partial charge in [0.05, 0.1) is 11.6 Å². The molecule has 0 bridgehead atoms. The van der Waals surface area contributed by atoms with E-state index in [1.54, 1.807) is 0 Å². The molecule has 0 aromatic heterocycles. The molecule has 16 heavy (non-hydrogen) atoms. The molecule has 0 amide bonds. The summed E-state index contributed by atoms with van der Waals surface area (Å²) >= 11 is 0. The third kappa shape index (κ3) is 3.26. The highest BCUT2D eigenvalue weighted by Gasteiger charge is 2.29. The van der Waals surface area contributed by atoms with Crippen molar-refractivity contribution in [1.82, 2.24) is 5.43 Å². The highest BCUT2D eigenvalue weighted by atomic mass is 19.4. The lowest BCUT2D eigenvalue weighted by atomic mass is 10.0. The quantitative estimate of drug-likeness (QED) is 0.469. The van der Waals surface area contributed by atoms with Gasteiger partial charge in [-0.3, -0.25) is 5.84 Å². The van der Waals surface area contributed by atoms with E-state index >= 15 is 0 Å². The molecule has 0 radical (unpaired) electrons. The van der Waals surface area contributed by atoms with Crippen LogP contribution in [0.1, 0.15) is 11.1 Å². The largest absolute Gasteiger partial charge is 0.416 e. The molecule has 0 spiro atoms. The van der Waals surface area contributed by atoms with Crippen molar-refractivity contribution >= 4 is 0 Å². The smallest absolute Gasteiger partial charge is 0.270 e. The number of benzene rings is 1. The second-order valence-electron chi connectivity index (χ2n) is 3.28. The molecule has 86 valence electrons. The molecule has 0 saturated heterocycles. The molecule has 5 heteroatoms. The fourth-order valence-corrected chi connectivity index (χ4v) is 1.23. The van der Waals surface area contributed by atoms with E-state index in [0.29, 0.717) is 12.0 Å². The summed E-state index contributed by atoms with van der Waals surface area (Å²) in [6.07, 6.45) is 1.24. The van der Waals surface area contributed by atoms with Crippen LogP contribution in [0.5, 0.6) is 0 Å². The van der Waals surface area contributed by atoms with Gasteiger partial charge in [0.15, 0.2) is 0 Å². The average molecular weight is 228 g/mol. The molecular formula is C11H11F3N2. The lowest BCUT2D eigenvalue weighted by Crippen LogP contribution is -2.35. The van der Waals surface area contributed by atoms with E-state index in [0.717, 1.165) is 12.1 Å². The van der Waals surface area contributed by atoms with E-state index in [1.807, 2.05) is 0 Å². The van der Waals surface area contributed by atoms with Crippen LogP contribution in [-0.2, 0) is 12.6 Å². The molecule has 0 aliphatic carbocycles. The van der Waals surface area contributed by atoms with Gasteiger partial charge in [0.1, 0.15) is 0 Å². The monoisotopic (exact) mass is 228 g/mol. The fraction of sp³-hybridized carbons (Fsp3) is 0.273. The molecule has 1 aromatic rings. The molecule has 0 aliphatic rings. The van der Waals surface area contributed by atoms with E-state index in [-0.39, 0.29) is 6.04 Å². The molecule has 1 rings (SSSR count). The standard InChI is InChI=1S/C11H11F3N2/c1-2-10(16-15)7-8-3-5-9(6-4-8)11(12,13)14/h1,3-6,10,16H,7,15H2. The first-order valence-corrected chi connectivity index (χ1v) is 4.55. The molecule has 1 aromatic carbocycles. The van der Waals surface area contributed by atoms with Gasteiger partial charge in [-0.15, -0.1) is 6.42 Å². The summed E-state index contributed by atoms with van der Waals surface area (Å²) in [5.41, 5.74) is 2.42. The van der Waals surface area contributed by atoms with Gasteiger partial charge in [0.25, 0.3) is 0 Å². The SMILES string of the molecule is C#CC(Cc1ccc(C(F)(F)F)cc1)NN. The van der Waals surface area contributed by atoms with Crippen LogP contribution in [0, 0.1) is 12.3 Å². The van der Waals surface area contributed by atoms with Crippen molar-refractivity contribution in [2.75, 3.05) is 0 Å². The highest BCUT2D eigenvalue weighted by molar-refractivity contribution is 5.26. The molecular weight excluding hydrogens is 217 g/mol. The number of alkyl halides is 3.